The Labute approximate surface area is 253 Å². The molecule has 2 saturated carbocycles. The second kappa shape index (κ2) is 13.8. The Morgan fingerprint density at radius 1 is 0.682 bits per heavy atom. The molecule has 0 saturated heterocycles. The molecule has 238 valence electrons. The lowest BCUT2D eigenvalue weighted by molar-refractivity contribution is 0.129. The first-order chi connectivity index (χ1) is 21.1. The molecule has 0 spiro atoms. The summed E-state index contributed by atoms with van der Waals surface area (Å²) in [5.74, 6) is -7.27. The number of halogens is 6. The van der Waals surface area contributed by atoms with Crippen LogP contribution in [0, 0.1) is 52.7 Å². The van der Waals surface area contributed by atoms with E-state index in [0.717, 1.165) is 57.4 Å². The minimum atomic E-state index is -1.35. The Bertz CT molecular complexity index is 1460. The molecule has 3 nitrogen and oxygen atoms in total. The van der Waals surface area contributed by atoms with Crippen LogP contribution in [-0.4, -0.2) is 16.8 Å². The fraction of sp³-hybridized carbons (Fsp3) is 0.486. The predicted molar refractivity (Wildman–Crippen MR) is 155 cm³/mol. The number of aromatic hydroxyl groups is 1. The van der Waals surface area contributed by atoms with Crippen molar-refractivity contribution in [2.45, 2.75) is 83.2 Å². The summed E-state index contributed by atoms with van der Waals surface area (Å²) in [6, 6.07) is 7.40. The van der Waals surface area contributed by atoms with Crippen molar-refractivity contribution in [3.8, 4) is 22.6 Å². The Morgan fingerprint density at radius 2 is 1.27 bits per heavy atom. The zero-order chi connectivity index (χ0) is 31.5. The maximum Gasteiger partial charge on any atom is 0.201 e. The zero-order valence-corrected chi connectivity index (χ0v) is 24.7. The van der Waals surface area contributed by atoms with Gasteiger partial charge in [-0.15, -0.1) is 0 Å². The topological polar surface area (TPSA) is 49.7 Å². The molecule has 3 aromatic rings. The van der Waals surface area contributed by atoms with Crippen LogP contribution in [0.25, 0.3) is 11.1 Å². The molecule has 5 rings (SSSR count). The van der Waals surface area contributed by atoms with Gasteiger partial charge in [0.2, 0.25) is 11.6 Å². The van der Waals surface area contributed by atoms with Crippen LogP contribution >= 0.6 is 0 Å². The third-order valence-corrected chi connectivity index (χ3v) is 9.71. The number of rotatable bonds is 9. The average molecular weight is 621 g/mol. The second-order valence-corrected chi connectivity index (χ2v) is 12.4. The molecule has 0 aliphatic heterocycles. The van der Waals surface area contributed by atoms with Crippen molar-refractivity contribution in [1.82, 2.24) is 0 Å². The Kier molecular flexibility index (Phi) is 10.1. The summed E-state index contributed by atoms with van der Waals surface area (Å²) in [5, 5.41) is 19.5. The van der Waals surface area contributed by atoms with Gasteiger partial charge in [0.1, 0.15) is 0 Å². The van der Waals surface area contributed by atoms with Crippen LogP contribution in [0.1, 0.15) is 94.3 Å². The highest BCUT2D eigenvalue weighted by molar-refractivity contribution is 5.66. The van der Waals surface area contributed by atoms with E-state index < -0.39 is 57.9 Å². The number of benzene rings is 3. The molecule has 2 aliphatic rings. The Balaban J connectivity index is 1.14. The first kappa shape index (κ1) is 32.2. The van der Waals surface area contributed by atoms with Gasteiger partial charge in [-0.3, -0.25) is 0 Å². The summed E-state index contributed by atoms with van der Waals surface area (Å²) in [6.07, 6.45) is 6.63. The lowest BCUT2D eigenvalue weighted by Crippen LogP contribution is -2.27. The highest BCUT2D eigenvalue weighted by Gasteiger charge is 2.33. The number of phenols is 1. The van der Waals surface area contributed by atoms with Gasteiger partial charge in [-0.1, -0.05) is 31.5 Å². The zero-order valence-electron chi connectivity index (χ0n) is 24.7. The van der Waals surface area contributed by atoms with Crippen LogP contribution in [0.5, 0.6) is 11.5 Å². The fourth-order valence-corrected chi connectivity index (χ4v) is 7.11. The quantitative estimate of drug-likeness (QED) is 0.234. The van der Waals surface area contributed by atoms with E-state index in [4.69, 9.17) is 4.74 Å². The normalized spacial score (nSPS) is 23.0. The summed E-state index contributed by atoms with van der Waals surface area (Å²) in [4.78, 5) is 0. The van der Waals surface area contributed by atoms with Gasteiger partial charge in [-0.05, 0) is 105 Å². The van der Waals surface area contributed by atoms with Gasteiger partial charge < -0.3 is 14.9 Å². The fourth-order valence-electron chi connectivity index (χ4n) is 7.11. The molecule has 0 aromatic heterocycles. The summed E-state index contributed by atoms with van der Waals surface area (Å²) < 4.78 is 93.2. The third-order valence-electron chi connectivity index (χ3n) is 9.71. The van der Waals surface area contributed by atoms with Gasteiger partial charge in [0.15, 0.2) is 34.8 Å². The highest BCUT2D eigenvalue weighted by Crippen LogP contribution is 2.45. The van der Waals surface area contributed by atoms with Crippen LogP contribution in [0.2, 0.25) is 0 Å². The van der Waals surface area contributed by atoms with Crippen molar-refractivity contribution in [1.29, 1.82) is 0 Å². The maximum atomic E-state index is 15.0. The summed E-state index contributed by atoms with van der Waals surface area (Å²) in [5.41, 5.74) is -0.770. The summed E-state index contributed by atoms with van der Waals surface area (Å²) in [6.45, 7) is 2.00. The summed E-state index contributed by atoms with van der Waals surface area (Å²) in [7, 11) is 0. The molecule has 2 fully saturated rings. The molecular weight excluding hydrogens is 582 g/mol. The molecule has 2 aliphatic carbocycles. The molecule has 1 atom stereocenters. The van der Waals surface area contributed by atoms with E-state index in [1.807, 2.05) is 0 Å². The monoisotopic (exact) mass is 620 g/mol. The average Bonchev–Trinajstić information content (AvgIpc) is 3.03. The van der Waals surface area contributed by atoms with Gasteiger partial charge in [0.05, 0.1) is 12.7 Å². The molecule has 0 bridgehead atoms. The molecule has 9 heteroatoms. The minimum Gasteiger partial charge on any atom is -0.505 e. The number of aliphatic hydroxyl groups is 1. The van der Waals surface area contributed by atoms with E-state index in [1.165, 1.54) is 30.3 Å². The van der Waals surface area contributed by atoms with Gasteiger partial charge in [0, 0.05) is 16.7 Å². The minimum absolute atomic E-state index is 0.0682. The molecule has 2 N–H and O–H groups in total. The number of aliphatic hydroxyl groups excluding tert-OH is 1. The smallest absolute Gasteiger partial charge is 0.201 e. The lowest BCUT2D eigenvalue weighted by Gasteiger charge is -2.38. The van der Waals surface area contributed by atoms with Crippen LogP contribution in [0.15, 0.2) is 36.4 Å². The lowest BCUT2D eigenvalue weighted by atomic mass is 9.68. The number of hydrogen-bond acceptors (Lipinski definition) is 3. The standard InChI is InChI=1S/C35H38F6O3/c1-2-3-27(42)26-13-12-24(31(37)33(26)39)25-15-17-29(35(41)32(25)38)44-18-19-4-6-20(7-5-19)21-8-10-22(11-9-21)23-14-16-28(43)34(40)30(23)36/h12-17,19-22,27,42-43H,2-11,18H2,1H3. The third kappa shape index (κ3) is 6.58. The van der Waals surface area contributed by atoms with Crippen molar-refractivity contribution in [3.63, 3.8) is 0 Å². The summed E-state index contributed by atoms with van der Waals surface area (Å²) >= 11 is 0. The van der Waals surface area contributed by atoms with Crippen LogP contribution in [0.4, 0.5) is 26.3 Å². The van der Waals surface area contributed by atoms with E-state index in [9.17, 15) is 32.2 Å². The molecule has 0 amide bonds. The number of phenolic OH excluding ortho intramolecular Hbond substituents is 1. The van der Waals surface area contributed by atoms with Gasteiger partial charge >= 0.3 is 0 Å². The molecule has 1 unspecified atom stereocenters. The van der Waals surface area contributed by atoms with E-state index in [0.29, 0.717) is 23.8 Å². The Hall–Kier alpha value is -3.20. The van der Waals surface area contributed by atoms with E-state index >= 15 is 4.39 Å². The van der Waals surface area contributed by atoms with Crippen molar-refractivity contribution in [2.75, 3.05) is 6.61 Å². The highest BCUT2D eigenvalue weighted by atomic mass is 19.2. The Morgan fingerprint density at radius 3 is 1.91 bits per heavy atom. The predicted octanol–water partition coefficient (Wildman–Crippen LogP) is 9.89. The maximum absolute atomic E-state index is 15.0. The van der Waals surface area contributed by atoms with Crippen LogP contribution in [-0.2, 0) is 0 Å². The van der Waals surface area contributed by atoms with Crippen molar-refractivity contribution < 1.29 is 41.3 Å². The largest absolute Gasteiger partial charge is 0.505 e. The van der Waals surface area contributed by atoms with Crippen molar-refractivity contribution >= 4 is 0 Å². The van der Waals surface area contributed by atoms with Crippen molar-refractivity contribution in [3.05, 3.63) is 82.4 Å². The molecular formula is C35H38F6O3. The van der Waals surface area contributed by atoms with Crippen LogP contribution in [0.3, 0.4) is 0 Å². The number of ether oxygens (including phenoxy) is 1. The van der Waals surface area contributed by atoms with Gasteiger partial charge in [-0.2, -0.15) is 8.78 Å². The van der Waals surface area contributed by atoms with Gasteiger partial charge in [-0.25, -0.2) is 17.6 Å². The SMILES string of the molecule is CCCC(O)c1ccc(-c2ccc(OCC3CCC(C4CCC(c5ccc(O)c(F)c5F)CC4)CC3)c(F)c2F)c(F)c1F. The molecule has 0 radical (unpaired) electrons. The van der Waals surface area contributed by atoms with Crippen LogP contribution < -0.4 is 4.74 Å². The van der Waals surface area contributed by atoms with Crippen molar-refractivity contribution in [2.24, 2.45) is 17.8 Å². The van der Waals surface area contributed by atoms with Gasteiger partial charge in [0.25, 0.3) is 0 Å². The van der Waals surface area contributed by atoms with E-state index in [1.54, 1.807) is 6.92 Å². The molecule has 3 aromatic carbocycles. The molecule has 44 heavy (non-hydrogen) atoms. The van der Waals surface area contributed by atoms with E-state index in [-0.39, 0.29) is 36.2 Å². The van der Waals surface area contributed by atoms with E-state index in [2.05, 4.69) is 0 Å². The second-order valence-electron chi connectivity index (χ2n) is 12.4. The first-order valence-electron chi connectivity index (χ1n) is 15.5. The number of hydrogen-bond donors (Lipinski definition) is 2. The first-order valence-corrected chi connectivity index (χ1v) is 15.5. The molecule has 0 heterocycles.